The van der Waals surface area contributed by atoms with Gasteiger partial charge in [0, 0.05) is 13.1 Å². The van der Waals surface area contributed by atoms with Gasteiger partial charge in [-0.25, -0.2) is 0 Å². The normalized spacial score (nSPS) is 15.8. The first kappa shape index (κ1) is 16.6. The Labute approximate surface area is 120 Å². The summed E-state index contributed by atoms with van der Waals surface area (Å²) in [6.07, 6.45) is 0. The summed E-state index contributed by atoms with van der Waals surface area (Å²) in [4.78, 5) is 13.9. The molecule has 1 rings (SSSR count). The Morgan fingerprint density at radius 2 is 1.95 bits per heavy atom. The maximum Gasteiger partial charge on any atom is 0.241 e. The van der Waals surface area contributed by atoms with E-state index in [1.807, 2.05) is 50.2 Å². The van der Waals surface area contributed by atoms with Gasteiger partial charge in [0.25, 0.3) is 0 Å². The molecule has 0 fully saturated rings. The van der Waals surface area contributed by atoms with Gasteiger partial charge in [-0.05, 0) is 33.5 Å². The molecule has 0 aliphatic heterocycles. The summed E-state index contributed by atoms with van der Waals surface area (Å²) in [5.74, 6) is -0.284. The molecule has 0 aromatic heterocycles. The van der Waals surface area contributed by atoms with Gasteiger partial charge in [-0.1, -0.05) is 29.8 Å². The van der Waals surface area contributed by atoms with Gasteiger partial charge in [0.15, 0.2) is 0 Å². The highest BCUT2D eigenvalue weighted by atomic mass is 16.3. The molecule has 0 radical (unpaired) electrons. The summed E-state index contributed by atoms with van der Waals surface area (Å²) in [6, 6.07) is 6.82. The highest BCUT2D eigenvalue weighted by Crippen LogP contribution is 2.12. The van der Waals surface area contributed by atoms with Crippen molar-refractivity contribution in [2.75, 3.05) is 27.2 Å². The number of carbonyl (C=O) groups is 1. The van der Waals surface area contributed by atoms with Gasteiger partial charge in [-0.15, -0.1) is 0 Å². The molecule has 0 aliphatic carbocycles. The van der Waals surface area contributed by atoms with E-state index in [1.54, 1.807) is 6.92 Å². The summed E-state index contributed by atoms with van der Waals surface area (Å²) >= 11 is 0. The van der Waals surface area contributed by atoms with Crippen LogP contribution < -0.4 is 11.1 Å². The Hall–Kier alpha value is -1.43. The quantitative estimate of drug-likeness (QED) is 0.705. The van der Waals surface area contributed by atoms with E-state index in [4.69, 9.17) is 5.73 Å². The molecule has 112 valence electrons. The molecule has 20 heavy (non-hydrogen) atoms. The first-order valence-corrected chi connectivity index (χ1v) is 6.68. The fourth-order valence-corrected chi connectivity index (χ4v) is 2.05. The summed E-state index contributed by atoms with van der Waals surface area (Å²) in [5, 5.41) is 12.8. The Morgan fingerprint density at radius 1 is 1.40 bits per heavy atom. The van der Waals surface area contributed by atoms with E-state index >= 15 is 0 Å². The van der Waals surface area contributed by atoms with E-state index in [1.165, 1.54) is 0 Å². The van der Waals surface area contributed by atoms with Gasteiger partial charge in [-0.3, -0.25) is 4.79 Å². The molecule has 2 atom stereocenters. The smallest absolute Gasteiger partial charge is 0.241 e. The summed E-state index contributed by atoms with van der Waals surface area (Å²) in [7, 11) is 3.74. The zero-order valence-electron chi connectivity index (χ0n) is 12.7. The minimum atomic E-state index is -0.980. The van der Waals surface area contributed by atoms with Crippen molar-refractivity contribution in [3.8, 4) is 0 Å². The molecule has 5 nitrogen and oxygen atoms in total. The highest BCUT2D eigenvalue weighted by Gasteiger charge is 2.24. The van der Waals surface area contributed by atoms with Crippen LogP contribution >= 0.6 is 0 Å². The number of amides is 1. The number of benzene rings is 1. The number of likely N-dealkylation sites (N-methyl/N-ethyl adjacent to an activating group) is 1. The second-order valence-corrected chi connectivity index (χ2v) is 5.84. The summed E-state index contributed by atoms with van der Waals surface area (Å²) < 4.78 is 0. The third-order valence-electron chi connectivity index (χ3n) is 3.02. The van der Waals surface area contributed by atoms with Crippen LogP contribution in [0.15, 0.2) is 24.3 Å². The number of aryl methyl sites for hydroxylation is 1. The molecule has 1 amide bonds. The first-order chi connectivity index (χ1) is 9.21. The number of hydrogen-bond acceptors (Lipinski definition) is 4. The Kier molecular flexibility index (Phi) is 5.68. The van der Waals surface area contributed by atoms with Crippen LogP contribution in [0.25, 0.3) is 0 Å². The van der Waals surface area contributed by atoms with Crippen molar-refractivity contribution >= 4 is 5.91 Å². The molecule has 0 heterocycles. The molecule has 1 aromatic carbocycles. The number of carbonyl (C=O) groups excluding carboxylic acids is 1. The SMILES string of the molecule is Cc1ccc(C(N)C(=O)NCC(C)(O)CN(C)C)cc1. The third-order valence-corrected chi connectivity index (χ3v) is 3.02. The average molecular weight is 279 g/mol. The largest absolute Gasteiger partial charge is 0.387 e. The average Bonchev–Trinajstić information content (AvgIpc) is 2.34. The van der Waals surface area contributed by atoms with Crippen LogP contribution in [0.2, 0.25) is 0 Å². The predicted octanol–water partition coefficient (Wildman–Crippen LogP) is 0.424. The number of nitrogens with zero attached hydrogens (tertiary/aromatic N) is 1. The monoisotopic (exact) mass is 279 g/mol. The maximum absolute atomic E-state index is 12.0. The van der Waals surface area contributed by atoms with E-state index in [-0.39, 0.29) is 12.5 Å². The van der Waals surface area contributed by atoms with Crippen molar-refractivity contribution in [1.29, 1.82) is 0 Å². The van der Waals surface area contributed by atoms with Crippen LogP contribution in [0.4, 0.5) is 0 Å². The molecule has 0 saturated carbocycles. The second-order valence-electron chi connectivity index (χ2n) is 5.84. The minimum absolute atomic E-state index is 0.170. The van der Waals surface area contributed by atoms with Crippen molar-refractivity contribution in [3.63, 3.8) is 0 Å². The lowest BCUT2D eigenvalue weighted by Gasteiger charge is -2.27. The Morgan fingerprint density at radius 3 is 2.45 bits per heavy atom. The van der Waals surface area contributed by atoms with Crippen LogP contribution in [0, 0.1) is 6.92 Å². The van der Waals surface area contributed by atoms with E-state index in [0.29, 0.717) is 6.54 Å². The summed E-state index contributed by atoms with van der Waals surface area (Å²) in [6.45, 7) is 4.30. The molecule has 2 unspecified atom stereocenters. The van der Waals surface area contributed by atoms with E-state index in [2.05, 4.69) is 5.32 Å². The van der Waals surface area contributed by atoms with Crippen LogP contribution in [0.5, 0.6) is 0 Å². The van der Waals surface area contributed by atoms with Crippen molar-refractivity contribution in [3.05, 3.63) is 35.4 Å². The van der Waals surface area contributed by atoms with Gasteiger partial charge >= 0.3 is 0 Å². The molecule has 0 aliphatic rings. The fraction of sp³-hybridized carbons (Fsp3) is 0.533. The molecule has 5 heteroatoms. The predicted molar refractivity (Wildman–Crippen MR) is 80.3 cm³/mol. The zero-order valence-corrected chi connectivity index (χ0v) is 12.7. The fourth-order valence-electron chi connectivity index (χ4n) is 2.05. The van der Waals surface area contributed by atoms with Crippen LogP contribution in [-0.2, 0) is 4.79 Å². The highest BCUT2D eigenvalue weighted by molar-refractivity contribution is 5.82. The molecular weight excluding hydrogens is 254 g/mol. The molecule has 0 bridgehead atoms. The molecule has 1 aromatic rings. The lowest BCUT2D eigenvalue weighted by Crippen LogP contribution is -2.48. The number of nitrogens with one attached hydrogen (secondary N) is 1. The van der Waals surface area contributed by atoms with Crippen LogP contribution in [0.1, 0.15) is 24.1 Å². The van der Waals surface area contributed by atoms with Crippen molar-refractivity contribution in [2.24, 2.45) is 5.73 Å². The van der Waals surface area contributed by atoms with E-state index < -0.39 is 11.6 Å². The van der Waals surface area contributed by atoms with Gasteiger partial charge in [-0.2, -0.15) is 0 Å². The van der Waals surface area contributed by atoms with E-state index in [9.17, 15) is 9.90 Å². The Balaban J connectivity index is 2.56. The lowest BCUT2D eigenvalue weighted by atomic mass is 10.0. The number of aliphatic hydroxyl groups is 1. The minimum Gasteiger partial charge on any atom is -0.387 e. The molecule has 0 saturated heterocycles. The van der Waals surface area contributed by atoms with E-state index in [0.717, 1.165) is 11.1 Å². The van der Waals surface area contributed by atoms with Crippen molar-refractivity contribution in [1.82, 2.24) is 10.2 Å². The summed E-state index contributed by atoms with van der Waals surface area (Å²) in [5.41, 5.74) is 6.82. The van der Waals surface area contributed by atoms with Crippen LogP contribution in [-0.4, -0.2) is 48.7 Å². The van der Waals surface area contributed by atoms with Crippen molar-refractivity contribution in [2.45, 2.75) is 25.5 Å². The molecule has 0 spiro atoms. The van der Waals surface area contributed by atoms with Gasteiger partial charge in [0.2, 0.25) is 5.91 Å². The second kappa shape index (κ2) is 6.83. The van der Waals surface area contributed by atoms with Crippen LogP contribution in [0.3, 0.4) is 0 Å². The topological polar surface area (TPSA) is 78.6 Å². The molecular formula is C15H25N3O2. The first-order valence-electron chi connectivity index (χ1n) is 6.68. The maximum atomic E-state index is 12.0. The lowest BCUT2D eigenvalue weighted by molar-refractivity contribution is -0.123. The number of hydrogen-bond donors (Lipinski definition) is 3. The number of nitrogens with two attached hydrogens (primary N) is 1. The van der Waals surface area contributed by atoms with Gasteiger partial charge in [0.05, 0.1) is 5.60 Å². The molecule has 4 N–H and O–H groups in total. The van der Waals surface area contributed by atoms with Crippen molar-refractivity contribution < 1.29 is 9.90 Å². The van der Waals surface area contributed by atoms with Gasteiger partial charge < -0.3 is 21.1 Å². The third kappa shape index (κ3) is 5.28. The standard InChI is InChI=1S/C15H25N3O2/c1-11-5-7-12(8-6-11)13(16)14(19)17-9-15(2,20)10-18(3)4/h5-8,13,20H,9-10,16H2,1-4H3,(H,17,19). The van der Waals surface area contributed by atoms with Gasteiger partial charge in [0.1, 0.15) is 6.04 Å². The Bertz CT molecular complexity index is 441. The number of rotatable bonds is 6. The zero-order chi connectivity index (χ0) is 15.3.